The van der Waals surface area contributed by atoms with Gasteiger partial charge in [-0.05, 0) is 30.4 Å². The van der Waals surface area contributed by atoms with Gasteiger partial charge in [0.05, 0.1) is 17.6 Å². The van der Waals surface area contributed by atoms with Crippen molar-refractivity contribution in [3.05, 3.63) is 24.3 Å². The molecule has 1 aromatic heterocycles. The predicted octanol–water partition coefficient (Wildman–Crippen LogP) is 1.94. The normalized spacial score (nSPS) is 21.2. The molecule has 3 rings (SSSR count). The van der Waals surface area contributed by atoms with Gasteiger partial charge in [0.1, 0.15) is 6.54 Å². The van der Waals surface area contributed by atoms with Crippen LogP contribution in [0.4, 0.5) is 5.95 Å². The molecule has 1 saturated heterocycles. The van der Waals surface area contributed by atoms with Crippen molar-refractivity contribution in [3.8, 4) is 0 Å². The van der Waals surface area contributed by atoms with Crippen LogP contribution in [0.15, 0.2) is 24.3 Å². The van der Waals surface area contributed by atoms with Crippen molar-refractivity contribution >= 4 is 22.9 Å². The van der Waals surface area contributed by atoms with Gasteiger partial charge in [0.25, 0.3) is 0 Å². The second-order valence-electron chi connectivity index (χ2n) is 6.91. The van der Waals surface area contributed by atoms with E-state index in [-0.39, 0.29) is 19.1 Å². The highest BCUT2D eigenvalue weighted by molar-refractivity contribution is 5.83. The smallest absolute Gasteiger partial charge is 0.242 e. The van der Waals surface area contributed by atoms with Crippen molar-refractivity contribution < 1.29 is 9.90 Å². The van der Waals surface area contributed by atoms with Crippen LogP contribution in [-0.2, 0) is 11.3 Å². The maximum atomic E-state index is 12.8. The second kappa shape index (κ2) is 7.21. The summed E-state index contributed by atoms with van der Waals surface area (Å²) in [6.07, 6.45) is 1.18. The fourth-order valence-electron chi connectivity index (χ4n) is 3.64. The number of hydrogen-bond acceptors (Lipinski definition) is 4. The largest absolute Gasteiger partial charge is 0.395 e. The minimum absolute atomic E-state index is 0.0261. The number of nitrogens with one attached hydrogen (secondary N) is 1. The van der Waals surface area contributed by atoms with Crippen molar-refractivity contribution in [2.45, 2.75) is 26.8 Å². The van der Waals surface area contributed by atoms with Crippen LogP contribution in [0.25, 0.3) is 11.0 Å². The Balaban J connectivity index is 1.83. The number of amides is 1. The van der Waals surface area contributed by atoms with Gasteiger partial charge in [-0.3, -0.25) is 4.79 Å². The third-order valence-corrected chi connectivity index (χ3v) is 4.56. The molecule has 2 N–H and O–H groups in total. The number of benzene rings is 1. The lowest BCUT2D eigenvalue weighted by Gasteiger charge is -2.35. The van der Waals surface area contributed by atoms with Gasteiger partial charge < -0.3 is 19.9 Å². The van der Waals surface area contributed by atoms with E-state index in [0.29, 0.717) is 24.3 Å². The van der Waals surface area contributed by atoms with E-state index in [9.17, 15) is 4.79 Å². The van der Waals surface area contributed by atoms with E-state index in [2.05, 4.69) is 24.1 Å². The lowest BCUT2D eigenvalue weighted by Crippen LogP contribution is -2.44. The molecule has 2 heterocycles. The maximum Gasteiger partial charge on any atom is 0.242 e. The molecule has 1 aliphatic heterocycles. The summed E-state index contributed by atoms with van der Waals surface area (Å²) in [4.78, 5) is 19.4. The Bertz CT molecular complexity index is 702. The van der Waals surface area contributed by atoms with Gasteiger partial charge in [0.2, 0.25) is 11.9 Å². The zero-order valence-corrected chi connectivity index (χ0v) is 14.4. The van der Waals surface area contributed by atoms with Gasteiger partial charge in [-0.25, -0.2) is 4.98 Å². The predicted molar refractivity (Wildman–Crippen MR) is 94.8 cm³/mol. The Labute approximate surface area is 142 Å². The standard InChI is InChI=1S/C18H26N4O2/c1-13-9-14(2)11-21(10-13)17(24)12-22-16-6-4-3-5-15(16)20-18(22)19-7-8-23/h3-6,13-14,23H,7-12H2,1-2H3,(H,19,20). The van der Waals surface area contributed by atoms with Crippen LogP contribution in [0, 0.1) is 11.8 Å². The SMILES string of the molecule is CC1CC(C)CN(C(=O)Cn2c(NCCO)nc3ccccc32)C1. The van der Waals surface area contributed by atoms with E-state index >= 15 is 0 Å². The Morgan fingerprint density at radius 1 is 1.29 bits per heavy atom. The number of likely N-dealkylation sites (tertiary alicyclic amines) is 1. The van der Waals surface area contributed by atoms with Crippen LogP contribution in [-0.4, -0.2) is 51.7 Å². The maximum absolute atomic E-state index is 12.8. The van der Waals surface area contributed by atoms with Gasteiger partial charge in [-0.1, -0.05) is 26.0 Å². The van der Waals surface area contributed by atoms with Gasteiger partial charge in [0.15, 0.2) is 0 Å². The number of imidazole rings is 1. The van der Waals surface area contributed by atoms with Gasteiger partial charge >= 0.3 is 0 Å². The summed E-state index contributed by atoms with van der Waals surface area (Å²) in [5.74, 6) is 1.86. The van der Waals surface area contributed by atoms with Crippen molar-refractivity contribution in [1.82, 2.24) is 14.5 Å². The number of aliphatic hydroxyl groups excluding tert-OH is 1. The molecule has 1 aromatic carbocycles. The third-order valence-electron chi connectivity index (χ3n) is 4.56. The van der Waals surface area contributed by atoms with E-state index in [1.807, 2.05) is 33.7 Å². The number of para-hydroxylation sites is 2. The fraction of sp³-hybridized carbons (Fsp3) is 0.556. The number of aromatic nitrogens is 2. The molecule has 2 aromatic rings. The van der Waals surface area contributed by atoms with E-state index in [0.717, 1.165) is 24.1 Å². The first-order valence-corrected chi connectivity index (χ1v) is 8.66. The van der Waals surface area contributed by atoms with Crippen LogP contribution in [0.1, 0.15) is 20.3 Å². The minimum Gasteiger partial charge on any atom is -0.395 e. The van der Waals surface area contributed by atoms with E-state index in [1.54, 1.807) is 0 Å². The zero-order chi connectivity index (χ0) is 17.1. The number of carbonyl (C=O) groups excluding carboxylic acids is 1. The summed E-state index contributed by atoms with van der Waals surface area (Å²) in [5, 5.41) is 12.2. The van der Waals surface area contributed by atoms with Crippen molar-refractivity contribution in [2.24, 2.45) is 11.8 Å². The Kier molecular flexibility index (Phi) is 5.04. The molecule has 1 amide bonds. The Hall–Kier alpha value is -2.08. The average Bonchev–Trinajstić information content (AvgIpc) is 2.90. The first-order valence-electron chi connectivity index (χ1n) is 8.66. The summed E-state index contributed by atoms with van der Waals surface area (Å²) in [6.45, 7) is 6.78. The number of anilines is 1. The van der Waals surface area contributed by atoms with Crippen LogP contribution in [0.3, 0.4) is 0 Å². The molecule has 1 fully saturated rings. The van der Waals surface area contributed by atoms with Crippen LogP contribution >= 0.6 is 0 Å². The fourth-order valence-corrected chi connectivity index (χ4v) is 3.64. The molecule has 0 spiro atoms. The first-order chi connectivity index (χ1) is 11.6. The molecular formula is C18H26N4O2. The molecule has 2 unspecified atom stereocenters. The van der Waals surface area contributed by atoms with Crippen LogP contribution in [0.2, 0.25) is 0 Å². The monoisotopic (exact) mass is 330 g/mol. The zero-order valence-electron chi connectivity index (χ0n) is 14.4. The number of carbonyl (C=O) groups is 1. The van der Waals surface area contributed by atoms with E-state index in [4.69, 9.17) is 5.11 Å². The number of aliphatic hydroxyl groups is 1. The summed E-state index contributed by atoms with van der Waals surface area (Å²) in [5.41, 5.74) is 1.79. The summed E-state index contributed by atoms with van der Waals surface area (Å²) in [7, 11) is 0. The van der Waals surface area contributed by atoms with Crippen molar-refractivity contribution in [2.75, 3.05) is 31.6 Å². The first kappa shape index (κ1) is 16.8. The molecule has 24 heavy (non-hydrogen) atoms. The van der Waals surface area contributed by atoms with Crippen molar-refractivity contribution in [3.63, 3.8) is 0 Å². The Morgan fingerprint density at radius 3 is 2.71 bits per heavy atom. The highest BCUT2D eigenvalue weighted by Gasteiger charge is 2.26. The summed E-state index contributed by atoms with van der Waals surface area (Å²) < 4.78 is 1.91. The molecule has 6 heteroatoms. The number of piperidine rings is 1. The molecule has 0 bridgehead atoms. The van der Waals surface area contributed by atoms with Crippen LogP contribution < -0.4 is 5.32 Å². The minimum atomic E-state index is 0.0261. The molecule has 130 valence electrons. The molecule has 6 nitrogen and oxygen atoms in total. The van der Waals surface area contributed by atoms with Crippen LogP contribution in [0.5, 0.6) is 0 Å². The quantitative estimate of drug-likeness (QED) is 0.879. The van der Waals surface area contributed by atoms with Crippen molar-refractivity contribution in [1.29, 1.82) is 0 Å². The number of rotatable bonds is 5. The number of fused-ring (bicyclic) bond motifs is 1. The van der Waals surface area contributed by atoms with E-state index in [1.165, 1.54) is 6.42 Å². The highest BCUT2D eigenvalue weighted by atomic mass is 16.3. The lowest BCUT2D eigenvalue weighted by atomic mass is 9.92. The van der Waals surface area contributed by atoms with Gasteiger partial charge in [-0.2, -0.15) is 0 Å². The van der Waals surface area contributed by atoms with Gasteiger partial charge in [-0.15, -0.1) is 0 Å². The second-order valence-corrected chi connectivity index (χ2v) is 6.91. The molecule has 0 saturated carbocycles. The number of nitrogens with zero attached hydrogens (tertiary/aromatic N) is 3. The molecule has 0 radical (unpaired) electrons. The highest BCUT2D eigenvalue weighted by Crippen LogP contribution is 2.23. The molecule has 2 atom stereocenters. The van der Waals surface area contributed by atoms with E-state index < -0.39 is 0 Å². The molecular weight excluding hydrogens is 304 g/mol. The number of hydrogen-bond donors (Lipinski definition) is 2. The Morgan fingerprint density at radius 2 is 2.00 bits per heavy atom. The average molecular weight is 330 g/mol. The summed E-state index contributed by atoms with van der Waals surface area (Å²) >= 11 is 0. The summed E-state index contributed by atoms with van der Waals surface area (Å²) in [6, 6.07) is 7.80. The molecule has 1 aliphatic rings. The topological polar surface area (TPSA) is 70.4 Å². The third kappa shape index (κ3) is 3.53. The molecule has 0 aliphatic carbocycles. The van der Waals surface area contributed by atoms with Gasteiger partial charge in [0, 0.05) is 19.6 Å². The lowest BCUT2D eigenvalue weighted by molar-refractivity contribution is -0.134.